The number of aryl methyl sites for hydroxylation is 1. The predicted octanol–water partition coefficient (Wildman–Crippen LogP) is 2.56. The summed E-state index contributed by atoms with van der Waals surface area (Å²) in [5, 5.41) is 6.87. The van der Waals surface area contributed by atoms with E-state index >= 15 is 0 Å². The lowest BCUT2D eigenvalue weighted by molar-refractivity contribution is 0.140. The summed E-state index contributed by atoms with van der Waals surface area (Å²) in [7, 11) is 1.82. The number of likely N-dealkylation sites (tertiary alicyclic amines) is 1. The van der Waals surface area contributed by atoms with Crippen LogP contribution in [0.1, 0.15) is 37.3 Å². The lowest BCUT2D eigenvalue weighted by Gasteiger charge is -2.30. The van der Waals surface area contributed by atoms with Gasteiger partial charge in [-0.2, -0.15) is 0 Å². The predicted molar refractivity (Wildman–Crippen MR) is 114 cm³/mol. The average molecular weight is 389 g/mol. The number of nitrogens with one attached hydrogen (secondary N) is 2. The first-order valence-electron chi connectivity index (χ1n) is 10.6. The smallest absolute Gasteiger partial charge is 0.191 e. The normalized spacial score (nSPS) is 23.6. The van der Waals surface area contributed by atoms with Crippen molar-refractivity contribution in [3.63, 3.8) is 0 Å². The second-order valence-electron chi connectivity index (χ2n) is 8.12. The number of piperidine rings is 1. The van der Waals surface area contributed by atoms with Crippen molar-refractivity contribution >= 4 is 5.96 Å². The van der Waals surface area contributed by atoms with Crippen molar-refractivity contribution in [3.8, 4) is 5.75 Å². The van der Waals surface area contributed by atoms with Gasteiger partial charge in [0.05, 0.1) is 13.2 Å². The molecule has 2 saturated heterocycles. The van der Waals surface area contributed by atoms with Gasteiger partial charge in [0.25, 0.3) is 0 Å². The highest BCUT2D eigenvalue weighted by Gasteiger charge is 2.19. The monoisotopic (exact) mass is 388 g/mol. The maximum Gasteiger partial charge on any atom is 0.191 e. The second-order valence-corrected chi connectivity index (χ2v) is 8.12. The van der Waals surface area contributed by atoms with Gasteiger partial charge in [0.15, 0.2) is 5.96 Å². The van der Waals surface area contributed by atoms with E-state index in [1.807, 2.05) is 7.05 Å². The van der Waals surface area contributed by atoms with E-state index in [2.05, 4.69) is 52.6 Å². The molecule has 2 unspecified atom stereocenters. The van der Waals surface area contributed by atoms with Gasteiger partial charge in [0.2, 0.25) is 0 Å². The van der Waals surface area contributed by atoms with Crippen molar-refractivity contribution in [2.45, 2.75) is 45.8 Å². The van der Waals surface area contributed by atoms with Crippen molar-refractivity contribution in [3.05, 3.63) is 29.3 Å². The molecule has 1 aromatic rings. The van der Waals surface area contributed by atoms with Crippen molar-refractivity contribution in [2.75, 3.05) is 46.4 Å². The van der Waals surface area contributed by atoms with Crippen LogP contribution in [0.5, 0.6) is 5.75 Å². The van der Waals surface area contributed by atoms with Crippen LogP contribution in [-0.2, 0) is 11.3 Å². The summed E-state index contributed by atoms with van der Waals surface area (Å²) < 4.78 is 11.6. The molecule has 2 fully saturated rings. The molecule has 0 saturated carbocycles. The fourth-order valence-corrected chi connectivity index (χ4v) is 3.92. The molecule has 0 radical (unpaired) electrons. The molecule has 28 heavy (non-hydrogen) atoms. The number of rotatable bonds is 7. The molecular weight excluding hydrogens is 352 g/mol. The Balaban J connectivity index is 1.47. The molecule has 1 aromatic carbocycles. The van der Waals surface area contributed by atoms with Crippen LogP contribution in [0.4, 0.5) is 0 Å². The SMILES string of the molecule is CN=C(NCCN1CCCC(C)C1)NCc1ccc(C)cc1OC1CCOC1. The Labute approximate surface area is 169 Å². The van der Waals surface area contributed by atoms with Crippen molar-refractivity contribution in [1.82, 2.24) is 15.5 Å². The molecule has 2 N–H and O–H groups in total. The van der Waals surface area contributed by atoms with Crippen LogP contribution in [0.25, 0.3) is 0 Å². The van der Waals surface area contributed by atoms with Crippen LogP contribution < -0.4 is 15.4 Å². The van der Waals surface area contributed by atoms with Gasteiger partial charge >= 0.3 is 0 Å². The first-order chi connectivity index (χ1) is 13.6. The quantitative estimate of drug-likeness (QED) is 0.555. The average Bonchev–Trinajstić information content (AvgIpc) is 3.19. The number of aliphatic imine (C=N–C) groups is 1. The summed E-state index contributed by atoms with van der Waals surface area (Å²) in [5.74, 6) is 2.60. The fourth-order valence-electron chi connectivity index (χ4n) is 3.92. The number of guanidine groups is 1. The van der Waals surface area contributed by atoms with Gasteiger partial charge in [-0.3, -0.25) is 4.99 Å². The van der Waals surface area contributed by atoms with Crippen LogP contribution in [0.2, 0.25) is 0 Å². The molecule has 2 heterocycles. The number of nitrogens with zero attached hydrogens (tertiary/aromatic N) is 2. The summed E-state index contributed by atoms with van der Waals surface area (Å²) in [6.07, 6.45) is 3.79. The Hall–Kier alpha value is -1.79. The maximum atomic E-state index is 6.19. The summed E-state index contributed by atoms with van der Waals surface area (Å²) in [6.45, 7) is 11.0. The minimum absolute atomic E-state index is 0.157. The topological polar surface area (TPSA) is 58.1 Å². The Morgan fingerprint density at radius 3 is 2.96 bits per heavy atom. The number of benzene rings is 1. The van der Waals surface area contributed by atoms with E-state index in [9.17, 15) is 0 Å². The highest BCUT2D eigenvalue weighted by molar-refractivity contribution is 5.79. The Bertz CT molecular complexity index is 643. The molecule has 2 aliphatic rings. The van der Waals surface area contributed by atoms with Crippen molar-refractivity contribution < 1.29 is 9.47 Å². The van der Waals surface area contributed by atoms with Crippen LogP contribution in [0.3, 0.4) is 0 Å². The molecule has 6 heteroatoms. The molecule has 3 rings (SSSR count). The minimum atomic E-state index is 0.157. The maximum absolute atomic E-state index is 6.19. The molecule has 2 atom stereocenters. The number of ether oxygens (including phenoxy) is 2. The van der Waals surface area contributed by atoms with Crippen LogP contribution >= 0.6 is 0 Å². The largest absolute Gasteiger partial charge is 0.488 e. The molecule has 2 aliphatic heterocycles. The number of hydrogen-bond donors (Lipinski definition) is 2. The summed E-state index contributed by atoms with van der Waals surface area (Å²) in [6, 6.07) is 6.38. The summed E-state index contributed by atoms with van der Waals surface area (Å²) >= 11 is 0. The lowest BCUT2D eigenvalue weighted by atomic mass is 10.0. The highest BCUT2D eigenvalue weighted by atomic mass is 16.5. The van der Waals surface area contributed by atoms with E-state index in [1.165, 1.54) is 31.5 Å². The molecule has 0 aromatic heterocycles. The Kier molecular flexibility index (Phi) is 7.98. The van der Waals surface area contributed by atoms with Gasteiger partial charge in [0, 0.05) is 45.2 Å². The number of hydrogen-bond acceptors (Lipinski definition) is 4. The molecule has 6 nitrogen and oxygen atoms in total. The van der Waals surface area contributed by atoms with Gasteiger partial charge in [-0.1, -0.05) is 19.1 Å². The molecule has 156 valence electrons. The standard InChI is InChI=1S/C22H36N4O2/c1-17-6-7-19(21(13-17)28-20-8-12-27-16-20)14-25-22(23-3)24-9-11-26-10-4-5-18(2)15-26/h6-7,13,18,20H,4-5,8-12,14-16H2,1-3H3,(H2,23,24,25). The van der Waals surface area contributed by atoms with Gasteiger partial charge in [-0.05, 0) is 43.9 Å². The van der Waals surface area contributed by atoms with E-state index in [-0.39, 0.29) is 6.10 Å². The van der Waals surface area contributed by atoms with Crippen molar-refractivity contribution in [2.24, 2.45) is 10.9 Å². The van der Waals surface area contributed by atoms with Gasteiger partial charge in [-0.15, -0.1) is 0 Å². The third-order valence-electron chi connectivity index (χ3n) is 5.54. The van der Waals surface area contributed by atoms with Crippen molar-refractivity contribution in [1.29, 1.82) is 0 Å². The van der Waals surface area contributed by atoms with Crippen LogP contribution in [0.15, 0.2) is 23.2 Å². The fraction of sp³-hybridized carbons (Fsp3) is 0.682. The minimum Gasteiger partial charge on any atom is -0.488 e. The summed E-state index contributed by atoms with van der Waals surface area (Å²) in [4.78, 5) is 6.91. The zero-order valence-electron chi connectivity index (χ0n) is 17.7. The molecule has 0 aliphatic carbocycles. The highest BCUT2D eigenvalue weighted by Crippen LogP contribution is 2.23. The molecule has 0 amide bonds. The van der Waals surface area contributed by atoms with Crippen LogP contribution in [0, 0.1) is 12.8 Å². The summed E-state index contributed by atoms with van der Waals surface area (Å²) in [5.41, 5.74) is 2.35. The third kappa shape index (κ3) is 6.38. The third-order valence-corrected chi connectivity index (χ3v) is 5.54. The first kappa shape index (κ1) is 20.9. The zero-order chi connectivity index (χ0) is 19.8. The van der Waals surface area contributed by atoms with Gasteiger partial charge in [-0.25, -0.2) is 0 Å². The van der Waals surface area contributed by atoms with Gasteiger partial charge < -0.3 is 25.0 Å². The molecule has 0 bridgehead atoms. The van der Waals surface area contributed by atoms with E-state index in [0.29, 0.717) is 13.2 Å². The van der Waals surface area contributed by atoms with Crippen LogP contribution in [-0.4, -0.2) is 63.4 Å². The van der Waals surface area contributed by atoms with E-state index < -0.39 is 0 Å². The molecule has 0 spiro atoms. The lowest BCUT2D eigenvalue weighted by Crippen LogP contribution is -2.43. The van der Waals surface area contributed by atoms with E-state index in [1.54, 1.807) is 0 Å². The van der Waals surface area contributed by atoms with Gasteiger partial charge in [0.1, 0.15) is 11.9 Å². The van der Waals surface area contributed by atoms with E-state index in [4.69, 9.17) is 9.47 Å². The Morgan fingerprint density at radius 2 is 2.21 bits per heavy atom. The second kappa shape index (κ2) is 10.7. The zero-order valence-corrected chi connectivity index (χ0v) is 17.7. The van der Waals surface area contributed by atoms with E-state index in [0.717, 1.165) is 49.3 Å². The first-order valence-corrected chi connectivity index (χ1v) is 10.6. The molecular formula is C22H36N4O2. The Morgan fingerprint density at radius 1 is 1.32 bits per heavy atom.